The van der Waals surface area contributed by atoms with Gasteiger partial charge in [0.15, 0.2) is 0 Å². The zero-order chi connectivity index (χ0) is 15.1. The fourth-order valence-electron chi connectivity index (χ4n) is 1.94. The lowest BCUT2D eigenvalue weighted by molar-refractivity contribution is 0.306. The monoisotopic (exact) mass is 323 g/mol. The first-order chi connectivity index (χ1) is 10.2. The summed E-state index contributed by atoms with van der Waals surface area (Å²) in [6.45, 7) is 4.61. The molecular formula is C17H19Cl2NO. The molecule has 1 N–H and O–H groups in total. The van der Waals surface area contributed by atoms with Crippen molar-refractivity contribution < 1.29 is 4.74 Å². The summed E-state index contributed by atoms with van der Waals surface area (Å²) in [6, 6.07) is 13.6. The number of benzene rings is 2. The average Bonchev–Trinajstić information content (AvgIpc) is 2.46. The highest BCUT2D eigenvalue weighted by atomic mass is 35.5. The first kappa shape index (κ1) is 16.2. The van der Waals surface area contributed by atoms with Crippen LogP contribution in [0.4, 0.5) is 0 Å². The molecule has 0 unspecified atom stereocenters. The van der Waals surface area contributed by atoms with E-state index in [0.717, 1.165) is 25.1 Å². The van der Waals surface area contributed by atoms with Crippen LogP contribution in [0.2, 0.25) is 10.0 Å². The highest BCUT2D eigenvalue weighted by molar-refractivity contribution is 6.34. The Labute approximate surface area is 136 Å². The van der Waals surface area contributed by atoms with Crippen molar-refractivity contribution in [2.45, 2.75) is 26.5 Å². The SMILES string of the molecule is CCCNCc1ccc(COc2cc(Cl)cc(Cl)c2)cc1. The van der Waals surface area contributed by atoms with Crippen molar-refractivity contribution in [3.8, 4) is 5.75 Å². The van der Waals surface area contributed by atoms with Crippen molar-refractivity contribution in [2.75, 3.05) is 6.54 Å². The van der Waals surface area contributed by atoms with E-state index in [1.165, 1.54) is 5.56 Å². The molecule has 0 aromatic heterocycles. The Hall–Kier alpha value is -1.22. The molecule has 0 spiro atoms. The highest BCUT2D eigenvalue weighted by Crippen LogP contribution is 2.24. The van der Waals surface area contributed by atoms with E-state index in [9.17, 15) is 0 Å². The van der Waals surface area contributed by atoms with Gasteiger partial charge in [-0.2, -0.15) is 0 Å². The molecular weight excluding hydrogens is 305 g/mol. The van der Waals surface area contributed by atoms with Crippen molar-refractivity contribution in [3.63, 3.8) is 0 Å². The molecule has 0 amide bonds. The predicted octanol–water partition coefficient (Wildman–Crippen LogP) is 5.07. The Morgan fingerprint density at radius 2 is 1.57 bits per heavy atom. The molecule has 4 heteroatoms. The van der Waals surface area contributed by atoms with Crippen molar-refractivity contribution in [2.24, 2.45) is 0 Å². The topological polar surface area (TPSA) is 21.3 Å². The summed E-state index contributed by atoms with van der Waals surface area (Å²) in [5, 5.41) is 4.54. The first-order valence-electron chi connectivity index (χ1n) is 7.05. The Morgan fingerprint density at radius 3 is 2.19 bits per heavy atom. The Bertz CT molecular complexity index is 549. The van der Waals surface area contributed by atoms with E-state index in [0.29, 0.717) is 22.4 Å². The second kappa shape index (κ2) is 8.28. The van der Waals surface area contributed by atoms with Crippen molar-refractivity contribution >= 4 is 23.2 Å². The number of hydrogen-bond acceptors (Lipinski definition) is 2. The van der Waals surface area contributed by atoms with Gasteiger partial charge in [-0.3, -0.25) is 0 Å². The van der Waals surface area contributed by atoms with E-state index < -0.39 is 0 Å². The molecule has 2 rings (SSSR count). The minimum Gasteiger partial charge on any atom is -0.489 e. The standard InChI is InChI=1S/C17H19Cl2NO/c1-2-7-20-11-13-3-5-14(6-4-13)12-21-17-9-15(18)8-16(19)10-17/h3-6,8-10,20H,2,7,11-12H2,1H3. The van der Waals surface area contributed by atoms with Crippen LogP contribution in [-0.4, -0.2) is 6.54 Å². The van der Waals surface area contributed by atoms with E-state index in [1.54, 1.807) is 18.2 Å². The van der Waals surface area contributed by atoms with Crippen LogP contribution in [0.15, 0.2) is 42.5 Å². The summed E-state index contributed by atoms with van der Waals surface area (Å²) in [5.74, 6) is 0.682. The minimum atomic E-state index is 0.499. The first-order valence-corrected chi connectivity index (χ1v) is 7.80. The summed E-state index contributed by atoms with van der Waals surface area (Å²) in [7, 11) is 0. The maximum Gasteiger partial charge on any atom is 0.122 e. The number of hydrogen-bond donors (Lipinski definition) is 1. The van der Waals surface area contributed by atoms with Gasteiger partial charge in [-0.1, -0.05) is 54.4 Å². The molecule has 2 aromatic carbocycles. The third-order valence-corrected chi connectivity index (χ3v) is 3.46. The van der Waals surface area contributed by atoms with Crippen LogP contribution in [0.25, 0.3) is 0 Å². The molecule has 0 saturated carbocycles. The summed E-state index contributed by atoms with van der Waals surface area (Å²) < 4.78 is 5.71. The molecule has 0 aliphatic carbocycles. The van der Waals surface area contributed by atoms with E-state index in [1.807, 2.05) is 0 Å². The number of nitrogens with one attached hydrogen (secondary N) is 1. The largest absolute Gasteiger partial charge is 0.489 e. The third-order valence-electron chi connectivity index (χ3n) is 3.02. The number of ether oxygens (including phenoxy) is 1. The third kappa shape index (κ3) is 5.58. The van der Waals surface area contributed by atoms with Crippen LogP contribution in [0, 0.1) is 0 Å². The summed E-state index contributed by atoms with van der Waals surface area (Å²) in [5.41, 5.74) is 2.39. The maximum absolute atomic E-state index is 5.94. The van der Waals surface area contributed by atoms with Crippen LogP contribution in [-0.2, 0) is 13.2 Å². The smallest absolute Gasteiger partial charge is 0.122 e. The summed E-state index contributed by atoms with van der Waals surface area (Å²) >= 11 is 11.9. The molecule has 0 bridgehead atoms. The lowest BCUT2D eigenvalue weighted by Gasteiger charge is -2.08. The summed E-state index contributed by atoms with van der Waals surface area (Å²) in [6.07, 6.45) is 1.15. The zero-order valence-corrected chi connectivity index (χ0v) is 13.5. The van der Waals surface area contributed by atoms with Gasteiger partial charge in [-0.05, 0) is 42.3 Å². The van der Waals surface area contributed by atoms with Gasteiger partial charge < -0.3 is 10.1 Å². The van der Waals surface area contributed by atoms with Crippen LogP contribution >= 0.6 is 23.2 Å². The Balaban J connectivity index is 1.88. The van der Waals surface area contributed by atoms with Gasteiger partial charge in [0.25, 0.3) is 0 Å². The van der Waals surface area contributed by atoms with Gasteiger partial charge in [0, 0.05) is 16.6 Å². The van der Waals surface area contributed by atoms with E-state index in [-0.39, 0.29) is 0 Å². The Morgan fingerprint density at radius 1 is 0.952 bits per heavy atom. The lowest BCUT2D eigenvalue weighted by atomic mass is 10.1. The lowest BCUT2D eigenvalue weighted by Crippen LogP contribution is -2.13. The van der Waals surface area contributed by atoms with Crippen LogP contribution in [0.3, 0.4) is 0 Å². The molecule has 0 heterocycles. The van der Waals surface area contributed by atoms with Crippen LogP contribution in [0.5, 0.6) is 5.75 Å². The number of halogens is 2. The van der Waals surface area contributed by atoms with E-state index >= 15 is 0 Å². The van der Waals surface area contributed by atoms with Crippen LogP contribution < -0.4 is 10.1 Å². The molecule has 0 saturated heterocycles. The molecule has 0 atom stereocenters. The molecule has 2 aromatic rings. The van der Waals surface area contributed by atoms with Crippen LogP contribution in [0.1, 0.15) is 24.5 Å². The quantitative estimate of drug-likeness (QED) is 0.718. The van der Waals surface area contributed by atoms with E-state index in [2.05, 4.69) is 36.5 Å². The van der Waals surface area contributed by atoms with E-state index in [4.69, 9.17) is 27.9 Å². The molecule has 0 aliphatic heterocycles. The predicted molar refractivity (Wildman–Crippen MR) is 89.2 cm³/mol. The Kier molecular flexibility index (Phi) is 6.37. The van der Waals surface area contributed by atoms with Gasteiger partial charge in [-0.25, -0.2) is 0 Å². The zero-order valence-electron chi connectivity index (χ0n) is 12.0. The van der Waals surface area contributed by atoms with Crippen molar-refractivity contribution in [1.29, 1.82) is 0 Å². The fraction of sp³-hybridized carbons (Fsp3) is 0.294. The molecule has 21 heavy (non-hydrogen) atoms. The van der Waals surface area contributed by atoms with Gasteiger partial charge >= 0.3 is 0 Å². The number of rotatable bonds is 7. The fourth-order valence-corrected chi connectivity index (χ4v) is 2.45. The maximum atomic E-state index is 5.94. The minimum absolute atomic E-state index is 0.499. The van der Waals surface area contributed by atoms with Crippen molar-refractivity contribution in [3.05, 3.63) is 63.6 Å². The highest BCUT2D eigenvalue weighted by Gasteiger charge is 2.01. The van der Waals surface area contributed by atoms with Gasteiger partial charge in [0.05, 0.1) is 0 Å². The average molecular weight is 324 g/mol. The second-order valence-corrected chi connectivity index (χ2v) is 5.76. The van der Waals surface area contributed by atoms with Gasteiger partial charge in [0.1, 0.15) is 12.4 Å². The summed E-state index contributed by atoms with van der Waals surface area (Å²) in [4.78, 5) is 0. The molecule has 0 fully saturated rings. The van der Waals surface area contributed by atoms with Crippen molar-refractivity contribution in [1.82, 2.24) is 5.32 Å². The second-order valence-electron chi connectivity index (χ2n) is 4.89. The van der Waals surface area contributed by atoms with Gasteiger partial charge in [-0.15, -0.1) is 0 Å². The molecule has 0 radical (unpaired) electrons. The molecule has 2 nitrogen and oxygen atoms in total. The van der Waals surface area contributed by atoms with Gasteiger partial charge in [0.2, 0.25) is 0 Å². The molecule has 112 valence electrons. The molecule has 0 aliphatic rings. The normalized spacial score (nSPS) is 10.6.